The van der Waals surface area contributed by atoms with E-state index in [-0.39, 0.29) is 29.6 Å². The van der Waals surface area contributed by atoms with Crippen molar-refractivity contribution in [2.45, 2.75) is 31.6 Å². The van der Waals surface area contributed by atoms with Gasteiger partial charge in [-0.1, -0.05) is 6.92 Å². The molecule has 0 saturated carbocycles. The Morgan fingerprint density at radius 3 is 2.07 bits per heavy atom. The quantitative estimate of drug-likeness (QED) is 0.430. The molecule has 4 nitrogen and oxygen atoms in total. The van der Waals surface area contributed by atoms with E-state index in [4.69, 9.17) is 4.55 Å². The van der Waals surface area contributed by atoms with Gasteiger partial charge in [-0.25, -0.2) is 0 Å². The number of likely N-dealkylation sites (tertiary alicyclic amines) is 1. The summed E-state index contributed by atoms with van der Waals surface area (Å²) in [6.07, 6.45) is 2.60. The van der Waals surface area contributed by atoms with Crippen molar-refractivity contribution < 1.29 is 17.5 Å². The summed E-state index contributed by atoms with van der Waals surface area (Å²) in [5.74, 6) is 0. The van der Waals surface area contributed by atoms with Crippen molar-refractivity contribution in [3.8, 4) is 0 Å². The summed E-state index contributed by atoms with van der Waals surface area (Å²) in [5.41, 5.74) is 0. The van der Waals surface area contributed by atoms with Gasteiger partial charge in [0.2, 0.25) is 5.37 Å². The molecule has 0 aromatic rings. The van der Waals surface area contributed by atoms with Crippen LogP contribution in [0.2, 0.25) is 0 Å². The first-order chi connectivity index (χ1) is 5.90. The van der Waals surface area contributed by atoms with E-state index in [2.05, 4.69) is 0 Å². The molecule has 1 saturated heterocycles. The summed E-state index contributed by atoms with van der Waals surface area (Å²) in [5, 5.41) is -0.630. The molecule has 80 valence electrons. The number of hydrogen-bond donors (Lipinski definition) is 1. The second kappa shape index (κ2) is 5.27. The SMILES string of the molecule is CCC([N+]1(C)CCCC1)S(=O)(=O)O.[NaH]. The Morgan fingerprint density at radius 2 is 1.79 bits per heavy atom. The van der Waals surface area contributed by atoms with Gasteiger partial charge < -0.3 is 4.48 Å². The molecule has 1 fully saturated rings. The van der Waals surface area contributed by atoms with Crippen LogP contribution in [0.5, 0.6) is 0 Å². The number of rotatable bonds is 3. The molecule has 1 aliphatic rings. The molecule has 0 aliphatic carbocycles. The van der Waals surface area contributed by atoms with Gasteiger partial charge in [0.15, 0.2) is 0 Å². The van der Waals surface area contributed by atoms with E-state index in [9.17, 15) is 8.42 Å². The van der Waals surface area contributed by atoms with Gasteiger partial charge in [0.05, 0.1) is 20.1 Å². The Hall–Kier alpha value is 0.870. The summed E-state index contributed by atoms with van der Waals surface area (Å²) in [7, 11) is -1.97. The number of hydrogen-bond acceptors (Lipinski definition) is 2. The van der Waals surface area contributed by atoms with Crippen molar-refractivity contribution >= 4 is 39.7 Å². The molecule has 1 rings (SSSR count). The summed E-state index contributed by atoms with van der Waals surface area (Å²) >= 11 is 0. The molecular formula is C8H19NNaO3S+. The van der Waals surface area contributed by atoms with Crippen molar-refractivity contribution in [2.75, 3.05) is 20.1 Å². The zero-order valence-corrected chi connectivity index (χ0v) is 9.05. The van der Waals surface area contributed by atoms with E-state index >= 15 is 0 Å². The van der Waals surface area contributed by atoms with Gasteiger partial charge in [-0.3, -0.25) is 4.55 Å². The second-order valence-electron chi connectivity index (χ2n) is 4.01. The predicted octanol–water partition coefficient (Wildman–Crippen LogP) is 0.202. The first-order valence-corrected chi connectivity index (χ1v) is 6.21. The molecule has 1 unspecified atom stereocenters. The van der Waals surface area contributed by atoms with Gasteiger partial charge in [0.1, 0.15) is 0 Å². The number of quaternary nitrogens is 1. The topological polar surface area (TPSA) is 54.4 Å². The third-order valence-electron chi connectivity index (χ3n) is 2.98. The molecule has 1 heterocycles. The third kappa shape index (κ3) is 3.18. The number of nitrogens with zero attached hydrogens (tertiary/aromatic N) is 1. The Bertz CT molecular complexity index is 272. The van der Waals surface area contributed by atoms with Gasteiger partial charge in [0, 0.05) is 19.3 Å². The first kappa shape index (κ1) is 14.9. The fraction of sp³-hybridized carbons (Fsp3) is 1.00. The van der Waals surface area contributed by atoms with E-state index in [1.165, 1.54) is 0 Å². The van der Waals surface area contributed by atoms with Gasteiger partial charge in [-0.05, 0) is 0 Å². The average molecular weight is 232 g/mol. The normalized spacial score (nSPS) is 22.8. The Kier molecular flexibility index (Phi) is 5.60. The average Bonchev–Trinajstić information content (AvgIpc) is 2.34. The van der Waals surface area contributed by atoms with Crippen LogP contribution in [0.25, 0.3) is 0 Å². The fourth-order valence-corrected chi connectivity index (χ4v) is 3.59. The monoisotopic (exact) mass is 232 g/mol. The molecule has 0 spiro atoms. The van der Waals surface area contributed by atoms with Crippen molar-refractivity contribution in [1.82, 2.24) is 0 Å². The van der Waals surface area contributed by atoms with Gasteiger partial charge >= 0.3 is 39.7 Å². The van der Waals surface area contributed by atoms with Crippen molar-refractivity contribution in [2.24, 2.45) is 0 Å². The van der Waals surface area contributed by atoms with Crippen LogP contribution in [0.1, 0.15) is 26.2 Å². The van der Waals surface area contributed by atoms with Crippen LogP contribution in [-0.4, -0.2) is 72.5 Å². The van der Waals surface area contributed by atoms with Gasteiger partial charge in [-0.15, -0.1) is 0 Å². The van der Waals surface area contributed by atoms with Crippen molar-refractivity contribution in [1.29, 1.82) is 0 Å². The molecule has 1 aliphatic heterocycles. The van der Waals surface area contributed by atoms with E-state index < -0.39 is 15.5 Å². The zero-order valence-electron chi connectivity index (χ0n) is 8.23. The van der Waals surface area contributed by atoms with E-state index in [0.717, 1.165) is 25.9 Å². The van der Waals surface area contributed by atoms with E-state index in [1.807, 2.05) is 7.05 Å². The van der Waals surface area contributed by atoms with Crippen molar-refractivity contribution in [3.05, 3.63) is 0 Å². The molecule has 14 heavy (non-hydrogen) atoms. The van der Waals surface area contributed by atoms with Gasteiger partial charge in [0.25, 0.3) is 0 Å². The standard InChI is InChI=1S/C8H17NO3S.Na.H/c1-3-8(13(10,11)12)9(2)6-4-5-7-9;;/h8H,3-7H2,1-2H3;;/p+1. The molecule has 0 radical (unpaired) electrons. The molecule has 6 heteroatoms. The maximum absolute atomic E-state index is 11.1. The summed E-state index contributed by atoms with van der Waals surface area (Å²) in [6.45, 7) is 3.52. The molecule has 0 aromatic heterocycles. The third-order valence-corrected chi connectivity index (χ3v) is 4.51. The molecular weight excluding hydrogens is 213 g/mol. The first-order valence-electron chi connectivity index (χ1n) is 4.70. The summed E-state index contributed by atoms with van der Waals surface area (Å²) < 4.78 is 31.7. The molecule has 1 N–H and O–H groups in total. The van der Waals surface area contributed by atoms with Crippen LogP contribution in [0, 0.1) is 0 Å². The molecule has 0 aromatic carbocycles. The van der Waals surface area contributed by atoms with Crippen LogP contribution in [0.3, 0.4) is 0 Å². The minimum atomic E-state index is -3.88. The minimum absolute atomic E-state index is 0. The van der Waals surface area contributed by atoms with E-state index in [1.54, 1.807) is 6.92 Å². The molecule has 1 atom stereocenters. The van der Waals surface area contributed by atoms with Crippen LogP contribution in [-0.2, 0) is 10.1 Å². The second-order valence-corrected chi connectivity index (χ2v) is 5.59. The van der Waals surface area contributed by atoms with Gasteiger partial charge in [-0.2, -0.15) is 8.42 Å². The van der Waals surface area contributed by atoms with Crippen molar-refractivity contribution in [3.63, 3.8) is 0 Å². The Labute approximate surface area is 108 Å². The van der Waals surface area contributed by atoms with Crippen LogP contribution in [0.4, 0.5) is 0 Å². The summed E-state index contributed by atoms with van der Waals surface area (Å²) in [6, 6.07) is 0. The van der Waals surface area contributed by atoms with E-state index in [0.29, 0.717) is 10.9 Å². The predicted molar refractivity (Wildman–Crippen MR) is 57.9 cm³/mol. The van der Waals surface area contributed by atoms with Crippen LogP contribution in [0.15, 0.2) is 0 Å². The Balaban J connectivity index is 0.00000169. The zero-order chi connectivity index (χ0) is 10.1. The maximum atomic E-state index is 11.1. The fourth-order valence-electron chi connectivity index (χ4n) is 2.32. The van der Waals surface area contributed by atoms with Crippen LogP contribution >= 0.6 is 0 Å². The molecule has 0 amide bonds. The Morgan fingerprint density at radius 1 is 1.36 bits per heavy atom. The summed E-state index contributed by atoms with van der Waals surface area (Å²) in [4.78, 5) is 0. The van der Waals surface area contributed by atoms with Crippen LogP contribution < -0.4 is 0 Å². The molecule has 0 bridgehead atoms.